The third kappa shape index (κ3) is 5.14. The minimum atomic E-state index is -3.72. The zero-order valence-corrected chi connectivity index (χ0v) is 16.7. The van der Waals surface area contributed by atoms with Gasteiger partial charge in [0.05, 0.1) is 12.2 Å². The molecule has 0 unspecified atom stereocenters. The second-order valence-electron chi connectivity index (χ2n) is 5.98. The average molecular weight is 410 g/mol. The second kappa shape index (κ2) is 8.62. The quantitative estimate of drug-likeness (QED) is 0.710. The maximum atomic E-state index is 12.7. The lowest BCUT2D eigenvalue weighted by atomic mass is 10.0. The molecule has 27 heavy (non-hydrogen) atoms. The van der Waals surface area contributed by atoms with Crippen LogP contribution in [-0.4, -0.2) is 56.4 Å². The van der Waals surface area contributed by atoms with E-state index in [2.05, 4.69) is 5.32 Å². The Morgan fingerprint density at radius 1 is 1.04 bits per heavy atom. The number of halogens is 1. The Morgan fingerprint density at radius 2 is 1.67 bits per heavy atom. The van der Waals surface area contributed by atoms with E-state index in [-0.39, 0.29) is 17.0 Å². The molecule has 7 nitrogen and oxygen atoms in total. The highest BCUT2D eigenvalue weighted by atomic mass is 35.5. The lowest BCUT2D eigenvalue weighted by molar-refractivity contribution is -0.116. The van der Waals surface area contributed by atoms with E-state index in [1.165, 1.54) is 33.3 Å². The number of carbonyl (C=O) groups excluding carboxylic acids is 2. The van der Waals surface area contributed by atoms with Gasteiger partial charge in [0, 0.05) is 37.3 Å². The minimum Gasteiger partial charge on any atom is -0.324 e. The summed E-state index contributed by atoms with van der Waals surface area (Å²) < 4.78 is 26.0. The first-order valence-corrected chi connectivity index (χ1v) is 9.73. The standard InChI is InChI=1S/C18H20ClN3O4S/c1-21(2)27(25,26)22(3)12-17(23)20-16-10-9-14(19)11-15(16)18(24)13-7-5-4-6-8-13/h4-11H,12H2,1-3H3,(H,20,23). The van der Waals surface area contributed by atoms with Gasteiger partial charge < -0.3 is 5.32 Å². The first-order chi connectivity index (χ1) is 12.6. The summed E-state index contributed by atoms with van der Waals surface area (Å²) in [5, 5.41) is 2.93. The van der Waals surface area contributed by atoms with Crippen LogP contribution in [0.5, 0.6) is 0 Å². The number of anilines is 1. The van der Waals surface area contributed by atoms with Gasteiger partial charge in [-0.1, -0.05) is 41.9 Å². The van der Waals surface area contributed by atoms with Crippen LogP contribution in [0.2, 0.25) is 5.02 Å². The number of amides is 1. The largest absolute Gasteiger partial charge is 0.324 e. The molecule has 0 aliphatic heterocycles. The van der Waals surface area contributed by atoms with E-state index in [4.69, 9.17) is 11.6 Å². The van der Waals surface area contributed by atoms with Gasteiger partial charge >= 0.3 is 0 Å². The molecule has 0 aliphatic rings. The number of rotatable bonds is 7. The number of carbonyl (C=O) groups is 2. The van der Waals surface area contributed by atoms with Crippen molar-refractivity contribution in [2.45, 2.75) is 0 Å². The van der Waals surface area contributed by atoms with Crippen LogP contribution in [0.25, 0.3) is 0 Å². The molecular weight excluding hydrogens is 390 g/mol. The highest BCUT2D eigenvalue weighted by Gasteiger charge is 2.23. The molecule has 0 saturated heterocycles. The van der Waals surface area contributed by atoms with Crippen LogP contribution in [0.1, 0.15) is 15.9 Å². The molecule has 9 heteroatoms. The number of hydrogen-bond donors (Lipinski definition) is 1. The molecular formula is C18H20ClN3O4S. The van der Waals surface area contributed by atoms with Gasteiger partial charge in [0.2, 0.25) is 5.91 Å². The monoisotopic (exact) mass is 409 g/mol. The zero-order valence-electron chi connectivity index (χ0n) is 15.1. The lowest BCUT2D eigenvalue weighted by Crippen LogP contribution is -2.41. The molecule has 0 saturated carbocycles. The van der Waals surface area contributed by atoms with Crippen LogP contribution in [0.4, 0.5) is 5.69 Å². The summed E-state index contributed by atoms with van der Waals surface area (Å²) in [7, 11) is 0.325. The van der Waals surface area contributed by atoms with Gasteiger partial charge in [-0.25, -0.2) is 0 Å². The predicted octanol–water partition coefficient (Wildman–Crippen LogP) is 2.25. The fourth-order valence-electron chi connectivity index (χ4n) is 2.31. The molecule has 0 fully saturated rings. The number of ketones is 1. The van der Waals surface area contributed by atoms with Crippen LogP contribution < -0.4 is 5.32 Å². The molecule has 0 aliphatic carbocycles. The lowest BCUT2D eigenvalue weighted by Gasteiger charge is -2.21. The molecule has 2 aromatic rings. The molecule has 144 valence electrons. The Morgan fingerprint density at radius 3 is 2.26 bits per heavy atom. The summed E-state index contributed by atoms with van der Waals surface area (Å²) in [5.41, 5.74) is 0.927. The third-order valence-corrected chi connectivity index (χ3v) is 5.83. The predicted molar refractivity (Wildman–Crippen MR) is 105 cm³/mol. The van der Waals surface area contributed by atoms with E-state index in [1.807, 2.05) is 0 Å². The van der Waals surface area contributed by atoms with E-state index in [0.29, 0.717) is 10.6 Å². The van der Waals surface area contributed by atoms with Crippen molar-refractivity contribution in [3.8, 4) is 0 Å². The van der Waals surface area contributed by atoms with Crippen molar-refractivity contribution in [1.29, 1.82) is 0 Å². The van der Waals surface area contributed by atoms with Gasteiger partial charge in [-0.3, -0.25) is 9.59 Å². The van der Waals surface area contributed by atoms with Crippen molar-refractivity contribution in [2.24, 2.45) is 0 Å². The molecule has 0 spiro atoms. The molecule has 0 bridgehead atoms. The van der Waals surface area contributed by atoms with E-state index >= 15 is 0 Å². The zero-order chi connectivity index (χ0) is 20.2. The van der Waals surface area contributed by atoms with Gasteiger partial charge in [0.1, 0.15) is 0 Å². The van der Waals surface area contributed by atoms with Crippen LogP contribution >= 0.6 is 11.6 Å². The van der Waals surface area contributed by atoms with Gasteiger partial charge in [-0.15, -0.1) is 0 Å². The first kappa shape index (κ1) is 21.0. The van der Waals surface area contributed by atoms with Gasteiger partial charge in [0.15, 0.2) is 5.78 Å². The molecule has 0 heterocycles. The molecule has 2 aromatic carbocycles. The highest BCUT2D eigenvalue weighted by molar-refractivity contribution is 7.86. The Balaban J connectivity index is 2.24. The number of nitrogens with one attached hydrogen (secondary N) is 1. The number of nitrogens with zero attached hydrogens (tertiary/aromatic N) is 2. The van der Waals surface area contributed by atoms with Crippen LogP contribution in [0.15, 0.2) is 48.5 Å². The van der Waals surface area contributed by atoms with Gasteiger partial charge in [0.25, 0.3) is 10.2 Å². The summed E-state index contributed by atoms with van der Waals surface area (Å²) in [6.45, 7) is -0.401. The van der Waals surface area contributed by atoms with E-state index < -0.39 is 22.7 Å². The Hall–Kier alpha value is -2.26. The Bertz CT molecular complexity index is 946. The van der Waals surface area contributed by atoms with Gasteiger partial charge in [-0.2, -0.15) is 17.0 Å². The SMILES string of the molecule is CN(C)S(=O)(=O)N(C)CC(=O)Nc1ccc(Cl)cc1C(=O)c1ccccc1. The summed E-state index contributed by atoms with van der Waals surface area (Å²) in [6, 6.07) is 13.1. The highest BCUT2D eigenvalue weighted by Crippen LogP contribution is 2.24. The maximum absolute atomic E-state index is 12.7. The van der Waals surface area contributed by atoms with E-state index in [0.717, 1.165) is 8.61 Å². The van der Waals surface area contributed by atoms with E-state index in [9.17, 15) is 18.0 Å². The van der Waals surface area contributed by atoms with Crippen molar-refractivity contribution in [3.05, 3.63) is 64.7 Å². The molecule has 0 atom stereocenters. The second-order valence-corrected chi connectivity index (χ2v) is 8.67. The number of hydrogen-bond acceptors (Lipinski definition) is 4. The van der Waals surface area contributed by atoms with Crippen molar-refractivity contribution < 1.29 is 18.0 Å². The summed E-state index contributed by atoms with van der Waals surface area (Å²) in [5.74, 6) is -0.880. The van der Waals surface area contributed by atoms with Crippen molar-refractivity contribution in [1.82, 2.24) is 8.61 Å². The van der Waals surface area contributed by atoms with Crippen LogP contribution in [-0.2, 0) is 15.0 Å². The normalized spacial score (nSPS) is 11.6. The molecule has 2 rings (SSSR count). The topological polar surface area (TPSA) is 86.8 Å². The van der Waals surface area contributed by atoms with Crippen LogP contribution in [0.3, 0.4) is 0 Å². The smallest absolute Gasteiger partial charge is 0.281 e. The molecule has 1 amide bonds. The minimum absolute atomic E-state index is 0.222. The third-order valence-electron chi connectivity index (χ3n) is 3.76. The van der Waals surface area contributed by atoms with Crippen molar-refractivity contribution in [2.75, 3.05) is 33.0 Å². The Kier molecular flexibility index (Phi) is 6.72. The van der Waals surface area contributed by atoms with E-state index in [1.54, 1.807) is 36.4 Å². The van der Waals surface area contributed by atoms with Crippen LogP contribution in [0, 0.1) is 0 Å². The van der Waals surface area contributed by atoms with Crippen molar-refractivity contribution in [3.63, 3.8) is 0 Å². The molecule has 1 N–H and O–H groups in total. The van der Waals surface area contributed by atoms with Gasteiger partial charge in [-0.05, 0) is 18.2 Å². The Labute approximate surface area is 163 Å². The summed E-state index contributed by atoms with van der Waals surface area (Å²) in [6.07, 6.45) is 0. The van der Waals surface area contributed by atoms with Crippen molar-refractivity contribution >= 4 is 39.2 Å². The number of likely N-dealkylation sites (N-methyl/N-ethyl adjacent to an activating group) is 1. The fraction of sp³-hybridized carbons (Fsp3) is 0.222. The number of benzene rings is 2. The maximum Gasteiger partial charge on any atom is 0.281 e. The fourth-order valence-corrected chi connectivity index (χ4v) is 3.32. The summed E-state index contributed by atoms with van der Waals surface area (Å²) >= 11 is 6.01. The average Bonchev–Trinajstić information content (AvgIpc) is 2.63. The summed E-state index contributed by atoms with van der Waals surface area (Å²) in [4.78, 5) is 25.1. The molecule has 0 aromatic heterocycles. The molecule has 0 radical (unpaired) electrons. The first-order valence-electron chi connectivity index (χ1n) is 7.96.